The number of aromatic nitrogens is 2. The molecule has 0 atom stereocenters. The highest BCUT2D eigenvalue weighted by atomic mass is 19.4. The van der Waals surface area contributed by atoms with Crippen LogP contribution in [0.25, 0.3) is 0 Å². The summed E-state index contributed by atoms with van der Waals surface area (Å²) in [7, 11) is 1.16. The minimum atomic E-state index is -4.35. The minimum Gasteiger partial charge on any atom is -0.464 e. The largest absolute Gasteiger partial charge is 0.464 e. The molecule has 0 fully saturated rings. The molecule has 18 heavy (non-hydrogen) atoms. The zero-order valence-electron chi connectivity index (χ0n) is 9.86. The van der Waals surface area contributed by atoms with Gasteiger partial charge in [-0.2, -0.15) is 13.2 Å². The van der Waals surface area contributed by atoms with Gasteiger partial charge in [-0.1, -0.05) is 0 Å². The van der Waals surface area contributed by atoms with Gasteiger partial charge in [0.05, 0.1) is 19.5 Å². The van der Waals surface area contributed by atoms with Crippen LogP contribution < -0.4 is 4.90 Å². The first-order valence-corrected chi connectivity index (χ1v) is 5.09. The standard InChI is InChI=1S/C10H12F3N3O2/c1-3-16(6-10(11,12)13)8-5-14-4-7(15-8)9(17)18-2/h4-5H,3,6H2,1-2H3. The summed E-state index contributed by atoms with van der Waals surface area (Å²) in [6.45, 7) is 0.500. The van der Waals surface area contributed by atoms with Crippen LogP contribution in [0.15, 0.2) is 12.4 Å². The number of carbonyl (C=O) groups is 1. The van der Waals surface area contributed by atoms with Gasteiger partial charge in [0.15, 0.2) is 5.69 Å². The minimum absolute atomic E-state index is 0.0160. The maximum absolute atomic E-state index is 12.3. The van der Waals surface area contributed by atoms with Gasteiger partial charge >= 0.3 is 12.1 Å². The Morgan fingerprint density at radius 1 is 1.44 bits per heavy atom. The Kier molecular flexibility index (Phi) is 4.46. The third-order valence-corrected chi connectivity index (χ3v) is 2.09. The normalized spacial score (nSPS) is 11.2. The van der Waals surface area contributed by atoms with E-state index in [0.717, 1.165) is 18.2 Å². The van der Waals surface area contributed by atoms with E-state index in [-0.39, 0.29) is 18.1 Å². The zero-order valence-corrected chi connectivity index (χ0v) is 9.86. The molecular weight excluding hydrogens is 251 g/mol. The van der Waals surface area contributed by atoms with E-state index in [1.807, 2.05) is 0 Å². The van der Waals surface area contributed by atoms with E-state index in [1.165, 1.54) is 6.20 Å². The Balaban J connectivity index is 2.96. The fourth-order valence-electron chi connectivity index (χ4n) is 1.28. The summed E-state index contributed by atoms with van der Waals surface area (Å²) in [5.41, 5.74) is -0.129. The Hall–Kier alpha value is -1.86. The summed E-state index contributed by atoms with van der Waals surface area (Å²) in [4.78, 5) is 19.6. The van der Waals surface area contributed by atoms with Crippen molar-refractivity contribution in [1.29, 1.82) is 0 Å². The lowest BCUT2D eigenvalue weighted by Gasteiger charge is -2.22. The molecule has 0 radical (unpaired) electrons. The molecule has 0 aromatic carbocycles. The van der Waals surface area contributed by atoms with Crippen LogP contribution in [0, 0.1) is 0 Å². The van der Waals surface area contributed by atoms with Gasteiger partial charge in [0.25, 0.3) is 0 Å². The number of carbonyl (C=O) groups excluding carboxylic acids is 1. The smallest absolute Gasteiger partial charge is 0.405 e. The topological polar surface area (TPSA) is 55.3 Å². The fourth-order valence-corrected chi connectivity index (χ4v) is 1.28. The van der Waals surface area contributed by atoms with E-state index < -0.39 is 18.7 Å². The van der Waals surface area contributed by atoms with E-state index in [4.69, 9.17) is 0 Å². The Morgan fingerprint density at radius 3 is 2.61 bits per heavy atom. The molecule has 0 spiro atoms. The molecule has 5 nitrogen and oxygen atoms in total. The highest BCUT2D eigenvalue weighted by Gasteiger charge is 2.31. The number of esters is 1. The van der Waals surface area contributed by atoms with Crippen LogP contribution in [0.1, 0.15) is 17.4 Å². The second kappa shape index (κ2) is 5.65. The molecule has 0 amide bonds. The molecule has 0 bridgehead atoms. The van der Waals surface area contributed by atoms with Gasteiger partial charge in [0.2, 0.25) is 0 Å². The highest BCUT2D eigenvalue weighted by Crippen LogP contribution is 2.20. The molecule has 0 aliphatic carbocycles. The third kappa shape index (κ3) is 3.86. The molecule has 8 heteroatoms. The van der Waals surface area contributed by atoms with Gasteiger partial charge in [-0.15, -0.1) is 0 Å². The van der Waals surface area contributed by atoms with Crippen molar-refractivity contribution in [3.63, 3.8) is 0 Å². The van der Waals surface area contributed by atoms with Crippen LogP contribution in [0.5, 0.6) is 0 Å². The number of hydrogen-bond donors (Lipinski definition) is 0. The molecule has 1 aromatic rings. The Labute approximate surface area is 102 Å². The molecule has 1 rings (SSSR count). The second-order valence-electron chi connectivity index (χ2n) is 3.38. The fraction of sp³-hybridized carbons (Fsp3) is 0.500. The van der Waals surface area contributed by atoms with Crippen LogP contribution in [-0.4, -0.2) is 42.3 Å². The lowest BCUT2D eigenvalue weighted by molar-refractivity contribution is -0.119. The van der Waals surface area contributed by atoms with Gasteiger partial charge in [-0.05, 0) is 6.92 Å². The third-order valence-electron chi connectivity index (χ3n) is 2.09. The van der Waals surface area contributed by atoms with Gasteiger partial charge in [-0.3, -0.25) is 4.98 Å². The summed E-state index contributed by atoms with van der Waals surface area (Å²) in [6, 6.07) is 0. The van der Waals surface area contributed by atoms with Crippen molar-refractivity contribution in [1.82, 2.24) is 9.97 Å². The molecular formula is C10H12F3N3O2. The summed E-state index contributed by atoms with van der Waals surface area (Å²) in [5, 5.41) is 0. The highest BCUT2D eigenvalue weighted by molar-refractivity contribution is 5.87. The Morgan fingerprint density at radius 2 is 2.11 bits per heavy atom. The first kappa shape index (κ1) is 14.2. The quantitative estimate of drug-likeness (QED) is 0.773. The molecule has 0 aliphatic heterocycles. The number of hydrogen-bond acceptors (Lipinski definition) is 5. The van der Waals surface area contributed by atoms with E-state index in [2.05, 4.69) is 14.7 Å². The van der Waals surface area contributed by atoms with Gasteiger partial charge in [0.1, 0.15) is 12.4 Å². The molecule has 0 N–H and O–H groups in total. The summed E-state index contributed by atoms with van der Waals surface area (Å²) in [5.74, 6) is -0.759. The molecule has 0 unspecified atom stereocenters. The molecule has 0 saturated heterocycles. The van der Waals surface area contributed by atoms with Crippen molar-refractivity contribution < 1.29 is 22.7 Å². The Bertz CT molecular complexity index is 423. The van der Waals surface area contributed by atoms with Crippen molar-refractivity contribution in [2.75, 3.05) is 25.1 Å². The zero-order chi connectivity index (χ0) is 13.8. The first-order chi connectivity index (χ1) is 8.37. The van der Waals surface area contributed by atoms with Crippen LogP contribution in [0.4, 0.5) is 19.0 Å². The van der Waals surface area contributed by atoms with Gasteiger partial charge in [-0.25, -0.2) is 9.78 Å². The lowest BCUT2D eigenvalue weighted by Crippen LogP contribution is -2.35. The number of alkyl halides is 3. The van der Waals surface area contributed by atoms with Crippen molar-refractivity contribution in [3.05, 3.63) is 18.1 Å². The van der Waals surface area contributed by atoms with E-state index in [0.29, 0.717) is 0 Å². The summed E-state index contributed by atoms with van der Waals surface area (Å²) < 4.78 is 41.4. The number of methoxy groups -OCH3 is 1. The molecule has 0 aliphatic rings. The van der Waals surface area contributed by atoms with Crippen molar-refractivity contribution in [2.45, 2.75) is 13.1 Å². The van der Waals surface area contributed by atoms with Crippen molar-refractivity contribution in [2.24, 2.45) is 0 Å². The number of halogens is 3. The number of anilines is 1. The molecule has 1 heterocycles. The van der Waals surface area contributed by atoms with E-state index in [9.17, 15) is 18.0 Å². The van der Waals surface area contributed by atoms with Crippen molar-refractivity contribution >= 4 is 11.8 Å². The molecule has 0 saturated carbocycles. The first-order valence-electron chi connectivity index (χ1n) is 5.09. The lowest BCUT2D eigenvalue weighted by atomic mass is 10.4. The maximum atomic E-state index is 12.3. The predicted molar refractivity (Wildman–Crippen MR) is 57.3 cm³/mol. The average molecular weight is 263 g/mol. The molecule has 1 aromatic heterocycles. The maximum Gasteiger partial charge on any atom is 0.405 e. The SMILES string of the molecule is CCN(CC(F)(F)F)c1cncc(C(=O)OC)n1. The van der Waals surface area contributed by atoms with E-state index in [1.54, 1.807) is 6.92 Å². The van der Waals surface area contributed by atoms with Gasteiger partial charge in [0, 0.05) is 6.54 Å². The average Bonchev–Trinajstić information content (AvgIpc) is 2.34. The second-order valence-corrected chi connectivity index (χ2v) is 3.38. The predicted octanol–water partition coefficient (Wildman–Crippen LogP) is 1.65. The monoisotopic (exact) mass is 263 g/mol. The van der Waals surface area contributed by atoms with Crippen molar-refractivity contribution in [3.8, 4) is 0 Å². The van der Waals surface area contributed by atoms with E-state index >= 15 is 0 Å². The summed E-state index contributed by atoms with van der Waals surface area (Å²) in [6.07, 6.45) is -2.04. The number of nitrogens with zero attached hydrogens (tertiary/aromatic N) is 3. The van der Waals surface area contributed by atoms with Crippen LogP contribution in [-0.2, 0) is 4.74 Å². The number of ether oxygens (including phenoxy) is 1. The van der Waals surface area contributed by atoms with Crippen LogP contribution >= 0.6 is 0 Å². The molecule has 100 valence electrons. The number of rotatable bonds is 4. The van der Waals surface area contributed by atoms with Crippen LogP contribution in [0.3, 0.4) is 0 Å². The summed E-state index contributed by atoms with van der Waals surface area (Å²) >= 11 is 0. The van der Waals surface area contributed by atoms with Gasteiger partial charge < -0.3 is 9.64 Å². The van der Waals surface area contributed by atoms with Crippen LogP contribution in [0.2, 0.25) is 0 Å².